The minimum Gasteiger partial charge on any atom is -0.339 e. The van der Waals surface area contributed by atoms with Gasteiger partial charge >= 0.3 is 0 Å². The molecule has 2 amide bonds. The van der Waals surface area contributed by atoms with Crippen LogP contribution in [0.15, 0.2) is 53.0 Å². The van der Waals surface area contributed by atoms with Crippen molar-refractivity contribution in [3.63, 3.8) is 0 Å². The Bertz CT molecular complexity index is 1170. The fourth-order valence-electron chi connectivity index (χ4n) is 5.38. The lowest BCUT2D eigenvalue weighted by Crippen LogP contribution is -2.56. The Hall–Kier alpha value is -2.65. The van der Waals surface area contributed by atoms with E-state index in [1.807, 2.05) is 39.4 Å². The first-order valence-electron chi connectivity index (χ1n) is 13.4. The molecule has 7 nitrogen and oxygen atoms in total. The summed E-state index contributed by atoms with van der Waals surface area (Å²) in [6.45, 7) is 4.01. The SMILES string of the molecule is CC1CN(C(=O)CCCSc2nnc(-c3cccs3)n2-c2ccccc2)CCN1C(=O)C1CCCCC1. The van der Waals surface area contributed by atoms with Gasteiger partial charge in [0.25, 0.3) is 0 Å². The predicted octanol–water partition coefficient (Wildman–Crippen LogP) is 5.51. The molecule has 1 aliphatic carbocycles. The topological polar surface area (TPSA) is 71.3 Å². The van der Waals surface area contributed by atoms with Crippen LogP contribution >= 0.6 is 23.1 Å². The average Bonchev–Trinajstić information content (AvgIpc) is 3.62. The van der Waals surface area contributed by atoms with Crippen molar-refractivity contribution in [2.24, 2.45) is 5.92 Å². The molecule has 1 aliphatic heterocycles. The highest BCUT2D eigenvalue weighted by Gasteiger charge is 2.33. The summed E-state index contributed by atoms with van der Waals surface area (Å²) in [5, 5.41) is 11.8. The van der Waals surface area contributed by atoms with E-state index in [0.717, 1.165) is 59.4 Å². The number of aromatic nitrogens is 3. The van der Waals surface area contributed by atoms with Crippen molar-refractivity contribution in [2.75, 3.05) is 25.4 Å². The third-order valence-electron chi connectivity index (χ3n) is 7.37. The summed E-state index contributed by atoms with van der Waals surface area (Å²) in [4.78, 5) is 31.0. The van der Waals surface area contributed by atoms with Crippen LogP contribution in [0.5, 0.6) is 0 Å². The number of rotatable bonds is 8. The van der Waals surface area contributed by atoms with Crippen LogP contribution < -0.4 is 0 Å². The molecule has 2 fully saturated rings. The van der Waals surface area contributed by atoms with Gasteiger partial charge in [-0.3, -0.25) is 14.2 Å². The quantitative estimate of drug-likeness (QED) is 0.280. The minimum absolute atomic E-state index is 0.0848. The van der Waals surface area contributed by atoms with E-state index in [2.05, 4.69) is 39.9 Å². The van der Waals surface area contributed by atoms with E-state index in [9.17, 15) is 9.59 Å². The van der Waals surface area contributed by atoms with E-state index in [-0.39, 0.29) is 17.9 Å². The van der Waals surface area contributed by atoms with Crippen molar-refractivity contribution in [3.05, 3.63) is 47.8 Å². The molecule has 0 radical (unpaired) electrons. The number of piperazine rings is 1. The summed E-state index contributed by atoms with van der Waals surface area (Å²) in [6, 6.07) is 14.3. The van der Waals surface area contributed by atoms with E-state index in [1.54, 1.807) is 23.1 Å². The molecule has 1 atom stereocenters. The van der Waals surface area contributed by atoms with Gasteiger partial charge in [-0.05, 0) is 49.8 Å². The minimum atomic E-state index is 0.0848. The molecule has 0 bridgehead atoms. The number of thioether (sulfide) groups is 1. The molecule has 37 heavy (non-hydrogen) atoms. The van der Waals surface area contributed by atoms with E-state index in [4.69, 9.17) is 0 Å². The maximum Gasteiger partial charge on any atom is 0.226 e. The first-order chi connectivity index (χ1) is 18.1. The lowest BCUT2D eigenvalue weighted by molar-refractivity contribution is -0.146. The van der Waals surface area contributed by atoms with Crippen LogP contribution in [0.3, 0.4) is 0 Å². The van der Waals surface area contributed by atoms with Gasteiger partial charge in [0.2, 0.25) is 11.8 Å². The second kappa shape index (κ2) is 12.3. The van der Waals surface area contributed by atoms with Gasteiger partial charge in [-0.15, -0.1) is 21.5 Å². The van der Waals surface area contributed by atoms with Crippen LogP contribution in [0.1, 0.15) is 51.9 Å². The number of hydrogen-bond donors (Lipinski definition) is 0. The lowest BCUT2D eigenvalue weighted by Gasteiger charge is -2.41. The van der Waals surface area contributed by atoms with Crippen molar-refractivity contribution < 1.29 is 9.59 Å². The molecule has 2 aromatic heterocycles. The van der Waals surface area contributed by atoms with Crippen molar-refractivity contribution in [1.29, 1.82) is 0 Å². The molecule has 5 rings (SSSR count). The van der Waals surface area contributed by atoms with Gasteiger partial charge in [0, 0.05) is 49.5 Å². The zero-order valence-electron chi connectivity index (χ0n) is 21.4. The number of amides is 2. The van der Waals surface area contributed by atoms with Crippen LogP contribution in [-0.4, -0.2) is 67.8 Å². The van der Waals surface area contributed by atoms with E-state index in [0.29, 0.717) is 32.0 Å². The smallest absolute Gasteiger partial charge is 0.226 e. The molecule has 1 unspecified atom stereocenters. The Morgan fingerprint density at radius 1 is 1.03 bits per heavy atom. The molecule has 1 aromatic carbocycles. The number of hydrogen-bond acceptors (Lipinski definition) is 6. The van der Waals surface area contributed by atoms with Gasteiger partial charge in [0.15, 0.2) is 11.0 Å². The maximum absolute atomic E-state index is 13.0. The summed E-state index contributed by atoms with van der Waals surface area (Å²) < 4.78 is 2.10. The molecule has 2 aliphatic rings. The summed E-state index contributed by atoms with van der Waals surface area (Å²) in [5.74, 6) is 2.31. The molecular weight excluding hydrogens is 502 g/mol. The third-order valence-corrected chi connectivity index (χ3v) is 9.25. The highest BCUT2D eigenvalue weighted by atomic mass is 32.2. The summed E-state index contributed by atoms with van der Waals surface area (Å²) >= 11 is 3.29. The van der Waals surface area contributed by atoms with E-state index >= 15 is 0 Å². The Morgan fingerprint density at radius 2 is 1.84 bits per heavy atom. The van der Waals surface area contributed by atoms with Crippen LogP contribution in [0, 0.1) is 5.92 Å². The Balaban J connectivity index is 1.13. The highest BCUT2D eigenvalue weighted by Crippen LogP contribution is 2.31. The zero-order valence-corrected chi connectivity index (χ0v) is 23.1. The number of para-hydroxylation sites is 1. The van der Waals surface area contributed by atoms with Crippen LogP contribution in [-0.2, 0) is 9.59 Å². The van der Waals surface area contributed by atoms with Crippen molar-refractivity contribution in [3.8, 4) is 16.4 Å². The number of carbonyl (C=O) groups is 2. The predicted molar refractivity (Wildman–Crippen MR) is 149 cm³/mol. The summed E-state index contributed by atoms with van der Waals surface area (Å²) in [6.07, 6.45) is 6.91. The monoisotopic (exact) mass is 537 g/mol. The molecule has 3 heterocycles. The molecule has 1 saturated carbocycles. The molecule has 1 saturated heterocycles. The van der Waals surface area contributed by atoms with Crippen LogP contribution in [0.2, 0.25) is 0 Å². The number of nitrogens with zero attached hydrogens (tertiary/aromatic N) is 5. The Labute approximate surface area is 227 Å². The third kappa shape index (κ3) is 6.09. The van der Waals surface area contributed by atoms with Gasteiger partial charge in [-0.25, -0.2) is 0 Å². The Morgan fingerprint density at radius 3 is 2.57 bits per heavy atom. The fraction of sp³-hybridized carbons (Fsp3) is 0.500. The first kappa shape index (κ1) is 26.0. The zero-order chi connectivity index (χ0) is 25.6. The normalized spacial score (nSPS) is 18.8. The second-order valence-electron chi connectivity index (χ2n) is 9.96. The average molecular weight is 538 g/mol. The van der Waals surface area contributed by atoms with E-state index < -0.39 is 0 Å². The summed E-state index contributed by atoms with van der Waals surface area (Å²) in [7, 11) is 0. The number of carbonyl (C=O) groups excluding carboxylic acids is 2. The maximum atomic E-state index is 13.0. The van der Waals surface area contributed by atoms with Gasteiger partial charge < -0.3 is 9.80 Å². The lowest BCUT2D eigenvalue weighted by atomic mass is 9.88. The first-order valence-corrected chi connectivity index (χ1v) is 15.2. The Kier molecular flexibility index (Phi) is 8.61. The largest absolute Gasteiger partial charge is 0.339 e. The van der Waals surface area contributed by atoms with E-state index in [1.165, 1.54) is 6.42 Å². The molecule has 0 spiro atoms. The molecular formula is C28H35N5O2S2. The van der Waals surface area contributed by atoms with Gasteiger partial charge in [0.1, 0.15) is 0 Å². The molecule has 0 N–H and O–H groups in total. The summed E-state index contributed by atoms with van der Waals surface area (Å²) in [5.41, 5.74) is 1.03. The highest BCUT2D eigenvalue weighted by molar-refractivity contribution is 7.99. The second-order valence-corrected chi connectivity index (χ2v) is 12.0. The van der Waals surface area contributed by atoms with Gasteiger partial charge in [-0.2, -0.15) is 0 Å². The van der Waals surface area contributed by atoms with Crippen LogP contribution in [0.4, 0.5) is 0 Å². The van der Waals surface area contributed by atoms with Crippen molar-refractivity contribution in [1.82, 2.24) is 24.6 Å². The standard InChI is InChI=1S/C28H35N5O2S2/c1-21-20-31(16-17-32(21)27(35)22-10-4-2-5-11-22)25(34)15-9-19-37-28-30-29-26(24-14-8-18-36-24)33(28)23-12-6-3-7-13-23/h3,6-8,12-14,18,21-22H,2,4-5,9-11,15-17,19-20H2,1H3. The fourth-order valence-corrected chi connectivity index (χ4v) is 6.97. The number of thiophene rings is 1. The molecule has 196 valence electrons. The number of benzene rings is 1. The van der Waals surface area contributed by atoms with Gasteiger partial charge in [-0.1, -0.05) is 55.3 Å². The van der Waals surface area contributed by atoms with Crippen molar-refractivity contribution >= 4 is 34.9 Å². The van der Waals surface area contributed by atoms with Crippen molar-refractivity contribution in [2.45, 2.75) is 63.1 Å². The molecule has 9 heteroatoms. The van der Waals surface area contributed by atoms with Crippen LogP contribution in [0.25, 0.3) is 16.4 Å². The van der Waals surface area contributed by atoms with Gasteiger partial charge in [0.05, 0.1) is 4.88 Å². The molecule has 3 aromatic rings.